The van der Waals surface area contributed by atoms with Gasteiger partial charge in [0.2, 0.25) is 0 Å². The monoisotopic (exact) mass is 287 g/mol. The minimum Gasteiger partial charge on any atom is -0.373 e. The van der Waals surface area contributed by atoms with Crippen LogP contribution in [0.3, 0.4) is 0 Å². The summed E-state index contributed by atoms with van der Waals surface area (Å²) in [5.74, 6) is 1.88. The van der Waals surface area contributed by atoms with Gasteiger partial charge in [-0.15, -0.1) is 11.8 Å². The number of aryl methyl sites for hydroxylation is 2. The molecule has 0 aliphatic rings. The summed E-state index contributed by atoms with van der Waals surface area (Å²) in [4.78, 5) is 8.71. The van der Waals surface area contributed by atoms with E-state index in [0.29, 0.717) is 0 Å². The molecule has 0 fully saturated rings. The molecule has 0 saturated carbocycles. The van der Waals surface area contributed by atoms with Crippen molar-refractivity contribution >= 4 is 17.6 Å². The number of aromatic nitrogens is 2. The van der Waals surface area contributed by atoms with E-state index in [1.165, 1.54) is 22.3 Å². The van der Waals surface area contributed by atoms with Crippen LogP contribution in [0.5, 0.6) is 0 Å². The quantitative estimate of drug-likeness (QED) is 0.666. The first-order chi connectivity index (χ1) is 9.63. The molecule has 0 saturated heterocycles. The molecule has 1 heterocycles. The molecule has 4 heteroatoms. The number of anilines is 1. The lowest BCUT2D eigenvalue weighted by Gasteiger charge is -2.11. The van der Waals surface area contributed by atoms with Crippen LogP contribution in [-0.2, 0) is 12.2 Å². The molecule has 0 bridgehead atoms. The van der Waals surface area contributed by atoms with Gasteiger partial charge in [0.15, 0.2) is 0 Å². The fraction of sp³-hybridized carbons (Fsp3) is 0.375. The number of nitrogens with zero attached hydrogens (tertiary/aromatic N) is 2. The summed E-state index contributed by atoms with van der Waals surface area (Å²) in [7, 11) is 1.90. The summed E-state index contributed by atoms with van der Waals surface area (Å²) in [6.07, 6.45) is 2.57. The highest BCUT2D eigenvalue weighted by Crippen LogP contribution is 2.28. The number of hydrogen-bond acceptors (Lipinski definition) is 4. The molecular weight excluding hydrogens is 266 g/mol. The normalized spacial score (nSPS) is 10.6. The van der Waals surface area contributed by atoms with Crippen LogP contribution in [-0.4, -0.2) is 17.0 Å². The van der Waals surface area contributed by atoms with Gasteiger partial charge in [-0.1, -0.05) is 36.2 Å². The van der Waals surface area contributed by atoms with Gasteiger partial charge in [0, 0.05) is 18.4 Å². The van der Waals surface area contributed by atoms with Crippen molar-refractivity contribution in [1.29, 1.82) is 0 Å². The first-order valence-electron chi connectivity index (χ1n) is 6.85. The van der Waals surface area contributed by atoms with Crippen molar-refractivity contribution < 1.29 is 0 Å². The van der Waals surface area contributed by atoms with Crippen LogP contribution >= 0.6 is 11.8 Å². The molecule has 2 aromatic rings. The molecular formula is C16H21N3S. The number of rotatable bonds is 5. The Bertz CT molecular complexity index is 576. The maximum atomic E-state index is 4.43. The lowest BCUT2D eigenvalue weighted by Crippen LogP contribution is -2.01. The van der Waals surface area contributed by atoms with Gasteiger partial charge < -0.3 is 5.32 Å². The highest BCUT2D eigenvalue weighted by atomic mass is 32.2. The van der Waals surface area contributed by atoms with Crippen LogP contribution in [0, 0.1) is 13.8 Å². The zero-order chi connectivity index (χ0) is 14.5. The maximum absolute atomic E-state index is 4.43. The fourth-order valence-corrected chi connectivity index (χ4v) is 3.37. The van der Waals surface area contributed by atoms with E-state index >= 15 is 0 Å². The third-order valence-corrected chi connectivity index (χ3v) is 4.26. The Balaban J connectivity index is 2.18. The van der Waals surface area contributed by atoms with Gasteiger partial charge in [-0.2, -0.15) is 0 Å². The molecule has 1 N–H and O–H groups in total. The minimum atomic E-state index is 0.936. The van der Waals surface area contributed by atoms with Crippen molar-refractivity contribution in [1.82, 2.24) is 9.97 Å². The average molecular weight is 287 g/mol. The molecule has 0 amide bonds. The lowest BCUT2D eigenvalue weighted by molar-refractivity contribution is 0.946. The zero-order valence-corrected chi connectivity index (χ0v) is 13.3. The van der Waals surface area contributed by atoms with E-state index in [4.69, 9.17) is 0 Å². The summed E-state index contributed by atoms with van der Waals surface area (Å²) in [5, 5.41) is 4.21. The first kappa shape index (κ1) is 14.9. The Labute approximate surface area is 125 Å². The maximum Gasteiger partial charge on any atom is 0.133 e. The summed E-state index contributed by atoms with van der Waals surface area (Å²) >= 11 is 1.78. The molecule has 106 valence electrons. The number of nitrogens with one attached hydrogen (secondary N) is 1. The minimum absolute atomic E-state index is 0.936. The molecule has 1 aromatic heterocycles. The lowest BCUT2D eigenvalue weighted by atomic mass is 10.1. The summed E-state index contributed by atoms with van der Waals surface area (Å²) < 4.78 is 0. The number of thioether (sulfide) groups is 1. The molecule has 1 aromatic carbocycles. The van der Waals surface area contributed by atoms with Gasteiger partial charge in [-0.3, -0.25) is 0 Å². The van der Waals surface area contributed by atoms with E-state index in [1.54, 1.807) is 18.1 Å². The molecule has 0 spiro atoms. The van der Waals surface area contributed by atoms with Crippen LogP contribution < -0.4 is 5.32 Å². The van der Waals surface area contributed by atoms with Crippen LogP contribution in [0.4, 0.5) is 5.82 Å². The van der Waals surface area contributed by atoms with Crippen LogP contribution in [0.15, 0.2) is 29.6 Å². The smallest absolute Gasteiger partial charge is 0.133 e. The van der Waals surface area contributed by atoms with E-state index in [0.717, 1.165) is 23.0 Å². The van der Waals surface area contributed by atoms with Crippen LogP contribution in [0.2, 0.25) is 0 Å². The Morgan fingerprint density at radius 1 is 1.10 bits per heavy atom. The van der Waals surface area contributed by atoms with E-state index in [2.05, 4.69) is 54.3 Å². The second-order valence-corrected chi connectivity index (χ2v) is 5.86. The standard InChI is InChI=1S/C16H21N3S/c1-5-14-15(17-4)18-10-19-16(14)20-9-13-7-11(2)6-12(3)8-13/h6-8,10H,5,9H2,1-4H3,(H,17,18,19). The van der Waals surface area contributed by atoms with Gasteiger partial charge in [0.05, 0.1) is 0 Å². The molecule has 0 atom stereocenters. The van der Waals surface area contributed by atoms with Crippen molar-refractivity contribution in [3.63, 3.8) is 0 Å². The van der Waals surface area contributed by atoms with Crippen molar-refractivity contribution in [3.05, 3.63) is 46.8 Å². The molecule has 3 nitrogen and oxygen atoms in total. The molecule has 2 rings (SSSR count). The van der Waals surface area contributed by atoms with E-state index in [9.17, 15) is 0 Å². The first-order valence-corrected chi connectivity index (χ1v) is 7.84. The molecule has 0 aliphatic carbocycles. The fourth-order valence-electron chi connectivity index (χ4n) is 2.36. The van der Waals surface area contributed by atoms with Gasteiger partial charge in [-0.05, 0) is 25.8 Å². The Morgan fingerprint density at radius 2 is 1.80 bits per heavy atom. The van der Waals surface area contributed by atoms with Crippen molar-refractivity contribution in [2.24, 2.45) is 0 Å². The van der Waals surface area contributed by atoms with Gasteiger partial charge >= 0.3 is 0 Å². The average Bonchev–Trinajstić information content (AvgIpc) is 2.43. The van der Waals surface area contributed by atoms with E-state index < -0.39 is 0 Å². The number of hydrogen-bond donors (Lipinski definition) is 1. The topological polar surface area (TPSA) is 37.8 Å². The summed E-state index contributed by atoms with van der Waals surface area (Å²) in [6, 6.07) is 6.69. The van der Waals surface area contributed by atoms with Gasteiger partial charge in [0.25, 0.3) is 0 Å². The molecule has 20 heavy (non-hydrogen) atoms. The van der Waals surface area contributed by atoms with E-state index in [1.807, 2.05) is 7.05 Å². The highest BCUT2D eigenvalue weighted by molar-refractivity contribution is 7.98. The van der Waals surface area contributed by atoms with Crippen molar-refractivity contribution in [3.8, 4) is 0 Å². The van der Waals surface area contributed by atoms with E-state index in [-0.39, 0.29) is 0 Å². The summed E-state index contributed by atoms with van der Waals surface area (Å²) in [5.41, 5.74) is 5.17. The molecule has 0 unspecified atom stereocenters. The van der Waals surface area contributed by atoms with Gasteiger partial charge in [0.1, 0.15) is 17.2 Å². The second kappa shape index (κ2) is 6.75. The Kier molecular flexibility index (Phi) is 5.01. The molecule has 0 radical (unpaired) electrons. The predicted octanol–water partition coefficient (Wildman–Crippen LogP) is 3.99. The number of benzene rings is 1. The Hall–Kier alpha value is -1.55. The van der Waals surface area contributed by atoms with Crippen molar-refractivity contribution in [2.45, 2.75) is 38.0 Å². The van der Waals surface area contributed by atoms with Crippen LogP contribution in [0.25, 0.3) is 0 Å². The summed E-state index contributed by atoms with van der Waals surface area (Å²) in [6.45, 7) is 6.42. The highest BCUT2D eigenvalue weighted by Gasteiger charge is 2.09. The zero-order valence-electron chi connectivity index (χ0n) is 12.5. The SMILES string of the molecule is CCc1c(NC)ncnc1SCc1cc(C)cc(C)c1. The Morgan fingerprint density at radius 3 is 2.40 bits per heavy atom. The molecule has 0 aliphatic heterocycles. The largest absolute Gasteiger partial charge is 0.373 e. The van der Waals surface area contributed by atoms with Gasteiger partial charge in [-0.25, -0.2) is 9.97 Å². The third kappa shape index (κ3) is 3.51. The van der Waals surface area contributed by atoms with Crippen molar-refractivity contribution in [2.75, 3.05) is 12.4 Å². The third-order valence-electron chi connectivity index (χ3n) is 3.15. The second-order valence-electron chi connectivity index (χ2n) is 4.89. The predicted molar refractivity (Wildman–Crippen MR) is 86.4 cm³/mol. The van der Waals surface area contributed by atoms with Crippen LogP contribution in [0.1, 0.15) is 29.2 Å².